The minimum absolute atomic E-state index is 0.128. The average Bonchev–Trinajstić information content (AvgIpc) is 3.44. The summed E-state index contributed by atoms with van der Waals surface area (Å²) >= 11 is 1.91. The summed E-state index contributed by atoms with van der Waals surface area (Å²) in [6.07, 6.45) is 6.60. The third kappa shape index (κ3) is 3.87. The molecule has 36 heavy (non-hydrogen) atoms. The first kappa shape index (κ1) is 23.4. The molecule has 1 fully saturated rings. The lowest BCUT2D eigenvalue weighted by Crippen LogP contribution is -2.30. The lowest BCUT2D eigenvalue weighted by Gasteiger charge is -2.19. The molecule has 2 heterocycles. The van der Waals surface area contributed by atoms with Gasteiger partial charge < -0.3 is 0 Å². The SMILES string of the molecule is Cc1ccc2sc(C3CCCCC3)nc2c1-c1n(-c2ccc(C(C)(C)C)cc2)c2ccccc2[n+]1C. The molecule has 184 valence electrons. The summed E-state index contributed by atoms with van der Waals surface area (Å²) in [6.45, 7) is 9.05. The average molecular weight is 495 g/mol. The van der Waals surface area contributed by atoms with Crippen molar-refractivity contribution in [3.8, 4) is 17.1 Å². The largest absolute Gasteiger partial charge is 0.297 e. The maximum Gasteiger partial charge on any atom is 0.297 e. The third-order valence-electron chi connectivity index (χ3n) is 7.97. The quantitative estimate of drug-likeness (QED) is 0.231. The van der Waals surface area contributed by atoms with E-state index in [4.69, 9.17) is 4.98 Å². The van der Waals surface area contributed by atoms with E-state index in [1.807, 2.05) is 11.3 Å². The number of hydrogen-bond acceptors (Lipinski definition) is 2. The van der Waals surface area contributed by atoms with Gasteiger partial charge in [-0.2, -0.15) is 4.57 Å². The Labute approximate surface area is 218 Å². The molecule has 0 amide bonds. The van der Waals surface area contributed by atoms with Crippen LogP contribution in [0, 0.1) is 6.92 Å². The summed E-state index contributed by atoms with van der Waals surface area (Å²) in [5.41, 5.74) is 8.80. The van der Waals surface area contributed by atoms with Gasteiger partial charge in [0.25, 0.3) is 5.82 Å². The Morgan fingerprint density at radius 1 is 0.917 bits per heavy atom. The van der Waals surface area contributed by atoms with E-state index in [1.165, 1.54) is 81.0 Å². The van der Waals surface area contributed by atoms with Gasteiger partial charge in [-0.15, -0.1) is 11.3 Å². The summed E-state index contributed by atoms with van der Waals surface area (Å²) in [6, 6.07) is 22.4. The lowest BCUT2D eigenvalue weighted by molar-refractivity contribution is -0.633. The second kappa shape index (κ2) is 8.85. The fourth-order valence-electron chi connectivity index (χ4n) is 5.88. The molecule has 0 unspecified atom stereocenters. The van der Waals surface area contributed by atoms with Crippen molar-refractivity contribution < 1.29 is 4.57 Å². The normalized spacial score (nSPS) is 15.2. The van der Waals surface area contributed by atoms with Crippen LogP contribution in [0.1, 0.15) is 74.9 Å². The van der Waals surface area contributed by atoms with E-state index in [-0.39, 0.29) is 5.41 Å². The number of nitrogens with zero attached hydrogens (tertiary/aromatic N) is 3. The predicted molar refractivity (Wildman–Crippen MR) is 152 cm³/mol. The van der Waals surface area contributed by atoms with Gasteiger partial charge in [0.15, 0.2) is 11.0 Å². The first-order valence-electron chi connectivity index (χ1n) is 13.3. The molecule has 0 saturated heterocycles. The summed E-state index contributed by atoms with van der Waals surface area (Å²) in [4.78, 5) is 5.36. The Morgan fingerprint density at radius 3 is 2.36 bits per heavy atom. The number of benzene rings is 3. The van der Waals surface area contributed by atoms with Gasteiger partial charge in [-0.1, -0.05) is 70.4 Å². The van der Waals surface area contributed by atoms with Crippen molar-refractivity contribution in [3.63, 3.8) is 0 Å². The summed E-state index contributed by atoms with van der Waals surface area (Å²) in [7, 11) is 2.20. The number of aryl methyl sites for hydroxylation is 2. The van der Waals surface area contributed by atoms with Crippen LogP contribution in [0.2, 0.25) is 0 Å². The molecule has 0 radical (unpaired) electrons. The van der Waals surface area contributed by atoms with Crippen molar-refractivity contribution in [2.45, 2.75) is 71.1 Å². The fraction of sp³-hybridized carbons (Fsp3) is 0.375. The zero-order chi connectivity index (χ0) is 25.0. The molecule has 4 heteroatoms. The molecule has 1 aliphatic carbocycles. The van der Waals surface area contributed by atoms with E-state index in [2.05, 4.69) is 105 Å². The molecule has 3 aromatic carbocycles. The Bertz CT molecular complexity index is 1560. The molecule has 2 aromatic heterocycles. The van der Waals surface area contributed by atoms with Crippen LogP contribution < -0.4 is 4.57 Å². The zero-order valence-electron chi connectivity index (χ0n) is 22.1. The minimum atomic E-state index is 0.128. The van der Waals surface area contributed by atoms with Gasteiger partial charge in [-0.3, -0.25) is 0 Å². The molecule has 0 aliphatic heterocycles. The van der Waals surface area contributed by atoms with Crippen LogP contribution in [0.3, 0.4) is 0 Å². The number of aromatic nitrogens is 3. The van der Waals surface area contributed by atoms with Gasteiger partial charge in [0.1, 0.15) is 5.69 Å². The van der Waals surface area contributed by atoms with Crippen LogP contribution in [-0.4, -0.2) is 9.55 Å². The standard InChI is InChI=1S/C32H36N3S/c1-21-15-20-27-29(33-30(36-27)22-11-7-6-8-12-22)28(21)31-34(5)25-13-9-10-14-26(25)35(31)24-18-16-23(17-19-24)32(2,3)4/h9-10,13-20,22H,6-8,11-12H2,1-5H3/q+1. The fourth-order valence-corrected chi connectivity index (χ4v) is 7.03. The first-order valence-corrected chi connectivity index (χ1v) is 14.2. The van der Waals surface area contributed by atoms with Crippen LogP contribution in [0.5, 0.6) is 0 Å². The number of fused-ring (bicyclic) bond motifs is 2. The molecule has 1 saturated carbocycles. The molecule has 0 bridgehead atoms. The molecule has 1 aliphatic rings. The van der Waals surface area contributed by atoms with Gasteiger partial charge in [0, 0.05) is 5.92 Å². The number of rotatable bonds is 3. The maximum atomic E-state index is 5.36. The summed E-state index contributed by atoms with van der Waals surface area (Å²) < 4.78 is 6.09. The Balaban J connectivity index is 1.61. The predicted octanol–water partition coefficient (Wildman–Crippen LogP) is 8.39. The van der Waals surface area contributed by atoms with E-state index in [1.54, 1.807) is 0 Å². The van der Waals surface area contributed by atoms with E-state index in [9.17, 15) is 0 Å². The van der Waals surface area contributed by atoms with Crippen molar-refractivity contribution in [1.29, 1.82) is 0 Å². The van der Waals surface area contributed by atoms with Crippen molar-refractivity contribution in [3.05, 3.63) is 76.8 Å². The van der Waals surface area contributed by atoms with Gasteiger partial charge in [-0.25, -0.2) is 9.55 Å². The Kier molecular flexibility index (Phi) is 5.75. The van der Waals surface area contributed by atoms with Crippen LogP contribution in [0.15, 0.2) is 60.7 Å². The molecule has 0 atom stereocenters. The van der Waals surface area contributed by atoms with Crippen molar-refractivity contribution >= 4 is 32.6 Å². The Hall–Kier alpha value is -2.98. The highest BCUT2D eigenvalue weighted by Gasteiger charge is 2.30. The Morgan fingerprint density at radius 2 is 1.64 bits per heavy atom. The van der Waals surface area contributed by atoms with E-state index in [0.29, 0.717) is 5.92 Å². The number of hydrogen-bond donors (Lipinski definition) is 0. The summed E-state index contributed by atoms with van der Waals surface area (Å²) in [5, 5.41) is 1.33. The smallest absolute Gasteiger partial charge is 0.240 e. The topological polar surface area (TPSA) is 21.7 Å². The highest BCUT2D eigenvalue weighted by molar-refractivity contribution is 7.18. The highest BCUT2D eigenvalue weighted by Crippen LogP contribution is 2.41. The lowest BCUT2D eigenvalue weighted by atomic mass is 9.87. The highest BCUT2D eigenvalue weighted by atomic mass is 32.1. The molecule has 5 aromatic rings. The van der Waals surface area contributed by atoms with E-state index < -0.39 is 0 Å². The second-order valence-electron chi connectivity index (χ2n) is 11.5. The summed E-state index contributed by atoms with van der Waals surface area (Å²) in [5.74, 6) is 1.82. The van der Waals surface area contributed by atoms with Crippen LogP contribution in [-0.2, 0) is 12.5 Å². The first-order chi connectivity index (χ1) is 17.3. The van der Waals surface area contributed by atoms with E-state index in [0.717, 1.165) is 5.52 Å². The second-order valence-corrected chi connectivity index (χ2v) is 12.6. The van der Waals surface area contributed by atoms with Crippen molar-refractivity contribution in [2.24, 2.45) is 7.05 Å². The third-order valence-corrected chi connectivity index (χ3v) is 9.15. The maximum absolute atomic E-state index is 5.36. The van der Waals surface area contributed by atoms with Crippen LogP contribution >= 0.6 is 11.3 Å². The van der Waals surface area contributed by atoms with Gasteiger partial charge in [-0.05, 0) is 66.6 Å². The monoisotopic (exact) mass is 494 g/mol. The van der Waals surface area contributed by atoms with Gasteiger partial charge >= 0.3 is 0 Å². The number of thiazole rings is 1. The molecule has 3 nitrogen and oxygen atoms in total. The molecule has 6 rings (SSSR count). The molecular formula is C32H36N3S+. The minimum Gasteiger partial charge on any atom is -0.240 e. The zero-order valence-corrected chi connectivity index (χ0v) is 23.0. The molecule has 0 spiro atoms. The molecule has 0 N–H and O–H groups in total. The molecular weight excluding hydrogens is 458 g/mol. The van der Waals surface area contributed by atoms with Crippen molar-refractivity contribution in [1.82, 2.24) is 9.55 Å². The number of para-hydroxylation sites is 2. The van der Waals surface area contributed by atoms with Crippen LogP contribution in [0.4, 0.5) is 0 Å². The van der Waals surface area contributed by atoms with Gasteiger partial charge in [0.2, 0.25) is 0 Å². The van der Waals surface area contributed by atoms with Crippen LogP contribution in [0.25, 0.3) is 38.3 Å². The van der Waals surface area contributed by atoms with E-state index >= 15 is 0 Å². The van der Waals surface area contributed by atoms with Crippen molar-refractivity contribution in [2.75, 3.05) is 0 Å². The number of imidazole rings is 1. The van der Waals surface area contributed by atoms with Gasteiger partial charge in [0.05, 0.1) is 27.8 Å².